The molecule has 0 bridgehead atoms. The van der Waals surface area contributed by atoms with Crippen molar-refractivity contribution in [3.05, 3.63) is 24.3 Å². The first-order valence-electron chi connectivity index (χ1n) is 10.8. The summed E-state index contributed by atoms with van der Waals surface area (Å²) >= 11 is 0. The van der Waals surface area contributed by atoms with Crippen LogP contribution in [0, 0.1) is 5.92 Å². The summed E-state index contributed by atoms with van der Waals surface area (Å²) in [5.41, 5.74) is 6.25. The van der Waals surface area contributed by atoms with Crippen LogP contribution in [0.25, 0.3) is 0 Å². The van der Waals surface area contributed by atoms with Crippen molar-refractivity contribution >= 4 is 39.8 Å². The molecule has 0 aromatic heterocycles. The minimum atomic E-state index is -4.67. The van der Waals surface area contributed by atoms with Crippen molar-refractivity contribution in [2.75, 3.05) is 11.4 Å². The molecule has 15 heteroatoms. The number of hydrogen-bond donors (Lipinski definition) is 7. The van der Waals surface area contributed by atoms with Crippen LogP contribution in [0.3, 0.4) is 0 Å². The van der Waals surface area contributed by atoms with E-state index in [4.69, 9.17) is 28.4 Å². The Labute approximate surface area is 209 Å². The molecule has 1 fully saturated rings. The van der Waals surface area contributed by atoms with E-state index in [9.17, 15) is 24.3 Å². The summed E-state index contributed by atoms with van der Waals surface area (Å²) in [6.45, 7) is 7.25. The lowest BCUT2D eigenvalue weighted by Crippen LogP contribution is -2.47. The van der Waals surface area contributed by atoms with Crippen LogP contribution in [0.5, 0.6) is 5.75 Å². The molecule has 3 atom stereocenters. The Hall–Kier alpha value is -3.27. The summed E-state index contributed by atoms with van der Waals surface area (Å²) in [7, 11) is -4.67. The van der Waals surface area contributed by atoms with Gasteiger partial charge in [0.15, 0.2) is 0 Å². The van der Waals surface area contributed by atoms with E-state index in [1.807, 2.05) is 13.8 Å². The number of rotatable bonds is 7. The Morgan fingerprint density at radius 2 is 1.67 bits per heavy atom. The molecule has 0 spiro atoms. The molecule has 3 amide bonds. The average molecular weight is 535 g/mol. The van der Waals surface area contributed by atoms with Gasteiger partial charge in [0, 0.05) is 25.6 Å². The van der Waals surface area contributed by atoms with Crippen molar-refractivity contribution < 1.29 is 46.9 Å². The largest absolute Gasteiger partial charge is 0.508 e. The molecule has 14 nitrogen and oxygen atoms in total. The molecule has 1 aromatic rings. The van der Waals surface area contributed by atoms with E-state index in [0.717, 1.165) is 0 Å². The second kappa shape index (κ2) is 15.0. The number of carbonyl (C=O) groups excluding carboxylic acids is 3. The zero-order valence-corrected chi connectivity index (χ0v) is 21.2. The van der Waals surface area contributed by atoms with Gasteiger partial charge in [-0.1, -0.05) is 13.8 Å². The normalized spacial score (nSPS) is 16.3. The number of anilines is 1. The van der Waals surface area contributed by atoms with Gasteiger partial charge in [-0.2, -0.15) is 8.42 Å². The second-order valence-electron chi connectivity index (χ2n) is 8.32. The number of carboxylic acids is 1. The van der Waals surface area contributed by atoms with Gasteiger partial charge < -0.3 is 31.5 Å². The van der Waals surface area contributed by atoms with Gasteiger partial charge in [-0.3, -0.25) is 28.3 Å². The molecule has 8 N–H and O–H groups in total. The summed E-state index contributed by atoms with van der Waals surface area (Å²) in [6, 6.07) is 4.71. The number of benzene rings is 1. The topological polar surface area (TPSA) is 237 Å². The van der Waals surface area contributed by atoms with Crippen molar-refractivity contribution in [3.8, 4) is 5.75 Å². The third-order valence-electron chi connectivity index (χ3n) is 4.58. The molecule has 1 unspecified atom stereocenters. The monoisotopic (exact) mass is 534 g/mol. The Morgan fingerprint density at radius 1 is 1.17 bits per heavy atom. The van der Waals surface area contributed by atoms with Crippen molar-refractivity contribution in [1.82, 2.24) is 10.6 Å². The molecule has 1 aromatic carbocycles. The van der Waals surface area contributed by atoms with Gasteiger partial charge in [0.25, 0.3) is 0 Å². The zero-order valence-electron chi connectivity index (χ0n) is 20.4. The molecule has 0 aliphatic carbocycles. The maximum absolute atomic E-state index is 11.6. The number of hydrogen-bond acceptors (Lipinski definition) is 8. The minimum Gasteiger partial charge on any atom is -0.508 e. The second-order valence-corrected chi connectivity index (χ2v) is 9.22. The number of phenolic OH excluding ortho intramolecular Hbond substituents is 1. The van der Waals surface area contributed by atoms with E-state index < -0.39 is 34.4 Å². The molecule has 1 aliphatic rings. The van der Waals surface area contributed by atoms with Crippen LogP contribution in [0.2, 0.25) is 0 Å². The molecule has 36 heavy (non-hydrogen) atoms. The number of carbonyl (C=O) groups is 4. The minimum absolute atomic E-state index is 0.0416. The Balaban J connectivity index is 0.000000584. The predicted molar refractivity (Wildman–Crippen MR) is 130 cm³/mol. The van der Waals surface area contributed by atoms with E-state index in [2.05, 4.69) is 10.6 Å². The molecule has 204 valence electrons. The number of aliphatic carboxylic acids is 1. The third-order valence-corrected chi connectivity index (χ3v) is 4.58. The van der Waals surface area contributed by atoms with Crippen LogP contribution >= 0.6 is 0 Å². The SMILES string of the molecule is CC(=O)N(c1ccc(O)cc1)C1CNC(=O)C1.CC(C)C[C@H](N)C(=O)N[C@@H](C)C(=O)O.O=S(=O)(O)O. The predicted octanol–water partition coefficient (Wildman–Crippen LogP) is -0.0701. The highest BCUT2D eigenvalue weighted by atomic mass is 32.3. The maximum Gasteiger partial charge on any atom is 0.394 e. The number of carboxylic acid groups (broad SMARTS) is 1. The van der Waals surface area contributed by atoms with Gasteiger partial charge in [-0.05, 0) is 43.5 Å². The van der Waals surface area contributed by atoms with Gasteiger partial charge in [0.1, 0.15) is 11.8 Å². The van der Waals surface area contributed by atoms with Gasteiger partial charge in [-0.25, -0.2) is 0 Å². The number of nitrogens with one attached hydrogen (secondary N) is 2. The van der Waals surface area contributed by atoms with Crippen molar-refractivity contribution in [2.45, 2.75) is 58.7 Å². The molecule has 2 rings (SSSR count). The highest BCUT2D eigenvalue weighted by molar-refractivity contribution is 7.79. The van der Waals surface area contributed by atoms with Gasteiger partial charge in [-0.15, -0.1) is 0 Å². The number of nitrogens with two attached hydrogens (primary N) is 1. The molecular formula is C21H34N4O10S. The molecular weight excluding hydrogens is 500 g/mol. The van der Waals surface area contributed by atoms with Crippen molar-refractivity contribution in [1.29, 1.82) is 0 Å². The summed E-state index contributed by atoms with van der Waals surface area (Å²) in [6.07, 6.45) is 0.874. The van der Waals surface area contributed by atoms with Crippen LogP contribution in [0.15, 0.2) is 24.3 Å². The lowest BCUT2D eigenvalue weighted by Gasteiger charge is -2.26. The fraction of sp³-hybridized carbons (Fsp3) is 0.524. The van der Waals surface area contributed by atoms with Crippen LogP contribution in [0.1, 0.15) is 40.5 Å². The van der Waals surface area contributed by atoms with E-state index >= 15 is 0 Å². The number of nitrogens with zero attached hydrogens (tertiary/aromatic N) is 1. The zero-order chi connectivity index (χ0) is 28.2. The van der Waals surface area contributed by atoms with Crippen LogP contribution in [0.4, 0.5) is 5.69 Å². The molecule has 1 aliphatic heterocycles. The highest BCUT2D eigenvalue weighted by Crippen LogP contribution is 2.23. The standard InChI is InChI=1S/C12H14N2O3.C9H18N2O3.H2O4S/c1-8(15)14(10-6-12(17)13-7-10)9-2-4-11(16)5-3-9;1-5(2)4-7(10)8(12)11-6(3)9(13)14;1-5(2,3)4/h2-5,10,16H,6-7H2,1H3,(H,13,17);5-7H,4,10H2,1-3H3,(H,11,12)(H,13,14);(H2,1,2,3,4)/t;6-,7-;/m.0./s1. The average Bonchev–Trinajstić information content (AvgIpc) is 3.13. The van der Waals surface area contributed by atoms with E-state index in [0.29, 0.717) is 31.0 Å². The summed E-state index contributed by atoms with van der Waals surface area (Å²) in [5.74, 6) is -1.16. The smallest absolute Gasteiger partial charge is 0.394 e. The highest BCUT2D eigenvalue weighted by Gasteiger charge is 2.30. The number of aromatic hydroxyl groups is 1. The molecule has 1 saturated heterocycles. The summed E-state index contributed by atoms with van der Waals surface area (Å²) in [4.78, 5) is 46.1. The van der Waals surface area contributed by atoms with E-state index in [1.165, 1.54) is 26.0 Å². The van der Waals surface area contributed by atoms with Crippen LogP contribution < -0.4 is 21.3 Å². The Bertz CT molecular complexity index is 990. The lowest BCUT2D eigenvalue weighted by atomic mass is 10.0. The number of phenols is 1. The van der Waals surface area contributed by atoms with Crippen molar-refractivity contribution in [2.24, 2.45) is 11.7 Å². The first-order valence-corrected chi connectivity index (χ1v) is 12.2. The Kier molecular flexibility index (Phi) is 13.6. The van der Waals surface area contributed by atoms with Crippen LogP contribution in [-0.2, 0) is 29.6 Å². The van der Waals surface area contributed by atoms with E-state index in [-0.39, 0.29) is 23.6 Å². The fourth-order valence-electron chi connectivity index (χ4n) is 3.03. The van der Waals surface area contributed by atoms with Gasteiger partial charge in [0.05, 0.1) is 12.1 Å². The fourth-order valence-corrected chi connectivity index (χ4v) is 3.03. The lowest BCUT2D eigenvalue weighted by molar-refractivity contribution is -0.141. The first kappa shape index (κ1) is 32.7. The van der Waals surface area contributed by atoms with Crippen LogP contribution in [-0.4, -0.2) is 76.1 Å². The first-order chi connectivity index (χ1) is 16.4. The molecule has 1 heterocycles. The summed E-state index contributed by atoms with van der Waals surface area (Å²) in [5, 5.41) is 22.8. The van der Waals surface area contributed by atoms with Gasteiger partial charge in [0.2, 0.25) is 17.7 Å². The van der Waals surface area contributed by atoms with Gasteiger partial charge >= 0.3 is 16.4 Å². The Morgan fingerprint density at radius 3 is 2.03 bits per heavy atom. The third kappa shape index (κ3) is 14.2. The molecule has 0 saturated carbocycles. The molecule has 0 radical (unpaired) electrons. The maximum atomic E-state index is 11.6. The number of amides is 3. The summed E-state index contributed by atoms with van der Waals surface area (Å²) < 4.78 is 31.6. The van der Waals surface area contributed by atoms with E-state index in [1.54, 1.807) is 17.0 Å². The quantitative estimate of drug-likeness (QED) is 0.228. The van der Waals surface area contributed by atoms with Crippen molar-refractivity contribution in [3.63, 3.8) is 0 Å².